The molecule has 0 unspecified atom stereocenters. The molecule has 1 aromatic carbocycles. The SMILES string of the molecule is OCc1cc(COCc2ccccc2)[nH]n1. The lowest BCUT2D eigenvalue weighted by atomic mass is 10.2. The lowest BCUT2D eigenvalue weighted by molar-refractivity contribution is 0.104. The minimum absolute atomic E-state index is 0.0464. The predicted octanol–water partition coefficient (Wildman–Crippen LogP) is 1.62. The Labute approximate surface area is 93.9 Å². The highest BCUT2D eigenvalue weighted by Gasteiger charge is 1.99. The molecule has 2 rings (SSSR count). The summed E-state index contributed by atoms with van der Waals surface area (Å²) in [6.07, 6.45) is 0. The lowest BCUT2D eigenvalue weighted by Crippen LogP contribution is -1.94. The minimum atomic E-state index is -0.0464. The number of aliphatic hydroxyl groups is 1. The summed E-state index contributed by atoms with van der Waals surface area (Å²) in [5, 5.41) is 15.5. The first-order valence-electron chi connectivity index (χ1n) is 5.14. The number of H-pyrrole nitrogens is 1. The van der Waals surface area contributed by atoms with Crippen molar-refractivity contribution in [1.29, 1.82) is 0 Å². The average molecular weight is 218 g/mol. The number of rotatable bonds is 5. The number of aromatic nitrogens is 2. The van der Waals surface area contributed by atoms with Crippen LogP contribution in [0.3, 0.4) is 0 Å². The molecular weight excluding hydrogens is 204 g/mol. The van der Waals surface area contributed by atoms with Gasteiger partial charge in [0, 0.05) is 0 Å². The molecule has 0 amide bonds. The number of nitrogens with zero attached hydrogens (tertiary/aromatic N) is 1. The number of aliphatic hydroxyl groups excluding tert-OH is 1. The molecule has 4 nitrogen and oxygen atoms in total. The van der Waals surface area contributed by atoms with Crippen LogP contribution in [0.5, 0.6) is 0 Å². The van der Waals surface area contributed by atoms with Gasteiger partial charge >= 0.3 is 0 Å². The molecular formula is C12H14N2O2. The van der Waals surface area contributed by atoms with E-state index < -0.39 is 0 Å². The van der Waals surface area contributed by atoms with Gasteiger partial charge in [-0.15, -0.1) is 0 Å². The summed E-state index contributed by atoms with van der Waals surface area (Å²) in [4.78, 5) is 0. The Morgan fingerprint density at radius 2 is 2.00 bits per heavy atom. The summed E-state index contributed by atoms with van der Waals surface area (Å²) in [5.41, 5.74) is 2.66. The molecule has 0 saturated carbocycles. The van der Waals surface area contributed by atoms with Crippen LogP contribution in [0.2, 0.25) is 0 Å². The fourth-order valence-corrected chi connectivity index (χ4v) is 1.42. The topological polar surface area (TPSA) is 58.1 Å². The molecule has 0 aliphatic rings. The summed E-state index contributed by atoms with van der Waals surface area (Å²) >= 11 is 0. The first-order valence-corrected chi connectivity index (χ1v) is 5.14. The Bertz CT molecular complexity index is 426. The molecule has 0 saturated heterocycles. The maximum atomic E-state index is 8.83. The van der Waals surface area contributed by atoms with Gasteiger partial charge in [0.1, 0.15) is 0 Å². The number of hydrogen-bond acceptors (Lipinski definition) is 3. The normalized spacial score (nSPS) is 10.6. The highest BCUT2D eigenvalue weighted by Crippen LogP contribution is 2.05. The second-order valence-electron chi connectivity index (χ2n) is 3.52. The zero-order valence-corrected chi connectivity index (χ0v) is 8.89. The van der Waals surface area contributed by atoms with E-state index in [1.54, 1.807) is 6.07 Å². The van der Waals surface area contributed by atoms with Crippen molar-refractivity contribution in [3.8, 4) is 0 Å². The largest absolute Gasteiger partial charge is 0.390 e. The summed E-state index contributed by atoms with van der Waals surface area (Å²) in [5.74, 6) is 0. The average Bonchev–Trinajstić information content (AvgIpc) is 2.78. The molecule has 1 heterocycles. The van der Waals surface area contributed by atoms with Gasteiger partial charge in [-0.3, -0.25) is 5.10 Å². The molecule has 0 radical (unpaired) electrons. The number of hydrogen-bond donors (Lipinski definition) is 2. The summed E-state index contributed by atoms with van der Waals surface area (Å²) in [6.45, 7) is 1.01. The van der Waals surface area contributed by atoms with Gasteiger partial charge in [-0.05, 0) is 11.6 Å². The van der Waals surface area contributed by atoms with Gasteiger partial charge in [-0.2, -0.15) is 5.10 Å². The third-order valence-corrected chi connectivity index (χ3v) is 2.22. The van der Waals surface area contributed by atoms with Crippen molar-refractivity contribution in [3.63, 3.8) is 0 Å². The van der Waals surface area contributed by atoms with Crippen molar-refractivity contribution >= 4 is 0 Å². The third kappa shape index (κ3) is 2.92. The van der Waals surface area contributed by atoms with E-state index in [4.69, 9.17) is 9.84 Å². The van der Waals surface area contributed by atoms with Crippen LogP contribution in [-0.4, -0.2) is 15.3 Å². The quantitative estimate of drug-likeness (QED) is 0.801. The molecule has 16 heavy (non-hydrogen) atoms. The van der Waals surface area contributed by atoms with Crippen LogP contribution in [0.4, 0.5) is 0 Å². The van der Waals surface area contributed by atoms with Crippen LogP contribution in [0.15, 0.2) is 36.4 Å². The van der Waals surface area contributed by atoms with E-state index in [9.17, 15) is 0 Å². The summed E-state index contributed by atoms with van der Waals surface area (Å²) < 4.78 is 5.51. The highest BCUT2D eigenvalue weighted by molar-refractivity contribution is 5.13. The summed E-state index contributed by atoms with van der Waals surface area (Å²) in [6, 6.07) is 11.8. The zero-order valence-electron chi connectivity index (χ0n) is 8.89. The second kappa shape index (κ2) is 5.44. The summed E-state index contributed by atoms with van der Waals surface area (Å²) in [7, 11) is 0. The van der Waals surface area contributed by atoms with Crippen LogP contribution in [0.25, 0.3) is 0 Å². The van der Waals surface area contributed by atoms with E-state index in [0.29, 0.717) is 18.9 Å². The van der Waals surface area contributed by atoms with Crippen LogP contribution >= 0.6 is 0 Å². The van der Waals surface area contributed by atoms with Gasteiger partial charge in [0.2, 0.25) is 0 Å². The monoisotopic (exact) mass is 218 g/mol. The fraction of sp³-hybridized carbons (Fsp3) is 0.250. The molecule has 4 heteroatoms. The number of nitrogens with one attached hydrogen (secondary N) is 1. The Morgan fingerprint density at radius 3 is 2.69 bits per heavy atom. The second-order valence-corrected chi connectivity index (χ2v) is 3.52. The molecule has 0 bridgehead atoms. The van der Waals surface area contributed by atoms with Gasteiger partial charge < -0.3 is 9.84 Å². The van der Waals surface area contributed by atoms with Crippen molar-refractivity contribution in [2.75, 3.05) is 0 Å². The molecule has 2 aromatic rings. The van der Waals surface area contributed by atoms with Gasteiger partial charge in [0.15, 0.2) is 0 Å². The van der Waals surface area contributed by atoms with Crippen molar-refractivity contribution in [2.45, 2.75) is 19.8 Å². The van der Waals surface area contributed by atoms with Crippen molar-refractivity contribution in [2.24, 2.45) is 0 Å². The smallest absolute Gasteiger partial charge is 0.0886 e. The maximum absolute atomic E-state index is 8.83. The van der Waals surface area contributed by atoms with Gasteiger partial charge in [0.05, 0.1) is 31.2 Å². The van der Waals surface area contributed by atoms with E-state index in [1.807, 2.05) is 30.3 Å². The van der Waals surface area contributed by atoms with Crippen LogP contribution < -0.4 is 0 Å². The molecule has 84 valence electrons. The first kappa shape index (κ1) is 10.9. The maximum Gasteiger partial charge on any atom is 0.0886 e. The standard InChI is InChI=1S/C12H14N2O2/c15-7-11-6-12(14-13-11)9-16-8-10-4-2-1-3-5-10/h1-6,15H,7-9H2,(H,13,14). The Morgan fingerprint density at radius 1 is 1.19 bits per heavy atom. The van der Waals surface area contributed by atoms with Gasteiger partial charge in [-0.1, -0.05) is 30.3 Å². The predicted molar refractivity (Wildman–Crippen MR) is 59.4 cm³/mol. The third-order valence-electron chi connectivity index (χ3n) is 2.22. The van der Waals surface area contributed by atoms with E-state index >= 15 is 0 Å². The first-order chi connectivity index (χ1) is 7.88. The van der Waals surface area contributed by atoms with E-state index in [0.717, 1.165) is 11.3 Å². The van der Waals surface area contributed by atoms with Gasteiger partial charge in [0.25, 0.3) is 0 Å². The van der Waals surface area contributed by atoms with E-state index in [2.05, 4.69) is 10.2 Å². The van der Waals surface area contributed by atoms with Crippen LogP contribution in [0, 0.1) is 0 Å². The van der Waals surface area contributed by atoms with Crippen LogP contribution in [-0.2, 0) is 24.6 Å². The van der Waals surface area contributed by atoms with Gasteiger partial charge in [-0.25, -0.2) is 0 Å². The molecule has 0 aliphatic heterocycles. The lowest BCUT2D eigenvalue weighted by Gasteiger charge is -2.01. The van der Waals surface area contributed by atoms with Crippen molar-refractivity contribution in [1.82, 2.24) is 10.2 Å². The van der Waals surface area contributed by atoms with Crippen molar-refractivity contribution < 1.29 is 9.84 Å². The highest BCUT2D eigenvalue weighted by atomic mass is 16.5. The number of aromatic amines is 1. The molecule has 0 atom stereocenters. The number of ether oxygens (including phenoxy) is 1. The zero-order chi connectivity index (χ0) is 11.2. The van der Waals surface area contributed by atoms with E-state index in [1.165, 1.54) is 0 Å². The molecule has 0 fully saturated rings. The van der Waals surface area contributed by atoms with Crippen LogP contribution in [0.1, 0.15) is 17.0 Å². The molecule has 0 aliphatic carbocycles. The molecule has 2 N–H and O–H groups in total. The Balaban J connectivity index is 1.80. The van der Waals surface area contributed by atoms with Crippen molar-refractivity contribution in [3.05, 3.63) is 53.3 Å². The minimum Gasteiger partial charge on any atom is -0.390 e. The molecule has 1 aromatic heterocycles. The fourth-order valence-electron chi connectivity index (χ4n) is 1.42. The van der Waals surface area contributed by atoms with E-state index in [-0.39, 0.29) is 6.61 Å². The molecule has 0 spiro atoms. The number of benzene rings is 1. The Kier molecular flexibility index (Phi) is 3.69. The Hall–Kier alpha value is -1.65.